The van der Waals surface area contributed by atoms with E-state index in [1.807, 2.05) is 11.0 Å². The van der Waals surface area contributed by atoms with E-state index in [-0.39, 0.29) is 18.0 Å². The molecule has 0 spiro atoms. The van der Waals surface area contributed by atoms with E-state index in [2.05, 4.69) is 35.6 Å². The molecule has 13 heteroatoms. The Balaban J connectivity index is 1.34. The lowest BCUT2D eigenvalue weighted by Crippen LogP contribution is -2.58. The second-order valence-corrected chi connectivity index (χ2v) is 12.7. The van der Waals surface area contributed by atoms with Gasteiger partial charge in [0.15, 0.2) is 17.1 Å². The van der Waals surface area contributed by atoms with Crippen LogP contribution in [0, 0.1) is 5.92 Å². The fourth-order valence-corrected chi connectivity index (χ4v) is 6.92. The molecule has 4 heterocycles. The number of rotatable bonds is 11. The molecule has 1 saturated carbocycles. The maximum atomic E-state index is 12.3. The number of methoxy groups -OCH3 is 2. The third-order valence-electron chi connectivity index (χ3n) is 8.58. The number of carbonyl (C=O) groups excluding carboxylic acids is 1. The van der Waals surface area contributed by atoms with E-state index in [0.29, 0.717) is 68.1 Å². The van der Waals surface area contributed by atoms with Crippen molar-refractivity contribution in [3.63, 3.8) is 0 Å². The molecule has 3 aromatic heterocycles. The van der Waals surface area contributed by atoms with Crippen molar-refractivity contribution in [2.45, 2.75) is 51.6 Å². The summed E-state index contributed by atoms with van der Waals surface area (Å²) in [5.41, 5.74) is 2.41. The fourth-order valence-electron chi connectivity index (χ4n) is 6.22. The van der Waals surface area contributed by atoms with Crippen molar-refractivity contribution < 1.29 is 14.3 Å². The number of pyridine rings is 1. The smallest absolute Gasteiger partial charge is 0.246 e. The lowest BCUT2D eigenvalue weighted by Gasteiger charge is -2.44. The number of benzene rings is 1. The first kappa shape index (κ1) is 31.3. The Morgan fingerprint density at radius 3 is 2.38 bits per heavy atom. The van der Waals surface area contributed by atoms with Gasteiger partial charge in [-0.2, -0.15) is 9.50 Å². The molecule has 0 unspecified atom stereocenters. The number of hydrogen-bond donors (Lipinski definition) is 1. The molecule has 1 N–H and O–H groups in total. The van der Waals surface area contributed by atoms with Crippen molar-refractivity contribution >= 4 is 51.7 Å². The van der Waals surface area contributed by atoms with Crippen LogP contribution in [0.15, 0.2) is 31.0 Å². The highest BCUT2D eigenvalue weighted by molar-refractivity contribution is 6.41. The van der Waals surface area contributed by atoms with Gasteiger partial charge in [-0.05, 0) is 57.7 Å². The standard InChI is InChI=1S/C32H38Cl2N8O3/c1-6-26(43)41-18(2)16-40(17-19(41)3)11-7-8-25-37-31-22(27-28(33)23(44-4)13-24(45-5)29(27)34)12-21-15-36-32(35-14-20-9-10-20)38-30(21)42(31)39-25/h6,12-13,15,18-20H,1,7-11,14,16-17H2,2-5H3,(H,35,36,38)/t18-,19+. The number of aromatic nitrogens is 5. The minimum Gasteiger partial charge on any atom is -0.495 e. The van der Waals surface area contributed by atoms with Crippen LogP contribution in [-0.4, -0.2) is 92.8 Å². The Morgan fingerprint density at radius 1 is 1.07 bits per heavy atom. The molecule has 45 heavy (non-hydrogen) atoms. The van der Waals surface area contributed by atoms with Crippen LogP contribution < -0.4 is 14.8 Å². The summed E-state index contributed by atoms with van der Waals surface area (Å²) in [6.45, 7) is 11.1. The molecule has 2 aliphatic rings. The molecule has 1 aliphatic heterocycles. The van der Waals surface area contributed by atoms with Crippen LogP contribution in [-0.2, 0) is 11.2 Å². The van der Waals surface area contributed by atoms with Crippen LogP contribution >= 0.6 is 23.2 Å². The fraction of sp³-hybridized carbons (Fsp3) is 0.469. The Kier molecular flexibility index (Phi) is 9.03. The number of anilines is 1. The monoisotopic (exact) mass is 652 g/mol. The minimum absolute atomic E-state index is 0.0184. The number of amides is 1. The second-order valence-electron chi connectivity index (χ2n) is 11.9. The molecule has 11 nitrogen and oxygen atoms in total. The van der Waals surface area contributed by atoms with E-state index in [4.69, 9.17) is 47.7 Å². The average molecular weight is 654 g/mol. The quantitative estimate of drug-likeness (QED) is 0.209. The predicted octanol–water partition coefficient (Wildman–Crippen LogP) is 5.53. The van der Waals surface area contributed by atoms with Gasteiger partial charge in [-0.3, -0.25) is 9.69 Å². The average Bonchev–Trinajstić information content (AvgIpc) is 3.76. The largest absolute Gasteiger partial charge is 0.495 e. The molecule has 4 aromatic rings. The van der Waals surface area contributed by atoms with Crippen molar-refractivity contribution in [3.8, 4) is 22.6 Å². The third kappa shape index (κ3) is 6.25. The number of ether oxygens (including phenoxy) is 2. The summed E-state index contributed by atoms with van der Waals surface area (Å²) in [6, 6.07) is 3.82. The highest BCUT2D eigenvalue weighted by Gasteiger charge is 2.31. The number of carbonyl (C=O) groups is 1. The zero-order valence-corrected chi connectivity index (χ0v) is 27.5. The van der Waals surface area contributed by atoms with Gasteiger partial charge in [0.25, 0.3) is 0 Å². The van der Waals surface area contributed by atoms with E-state index < -0.39 is 0 Å². The van der Waals surface area contributed by atoms with Crippen LogP contribution in [0.2, 0.25) is 10.0 Å². The molecular formula is C32H38Cl2N8O3. The topological polar surface area (TPSA) is 110 Å². The van der Waals surface area contributed by atoms with Gasteiger partial charge in [-0.25, -0.2) is 9.97 Å². The summed E-state index contributed by atoms with van der Waals surface area (Å²) in [7, 11) is 3.10. The lowest BCUT2D eigenvalue weighted by atomic mass is 10.0. The van der Waals surface area contributed by atoms with E-state index >= 15 is 0 Å². The van der Waals surface area contributed by atoms with Crippen LogP contribution in [0.1, 0.15) is 38.9 Å². The zero-order chi connectivity index (χ0) is 31.8. The van der Waals surface area contributed by atoms with Crippen LogP contribution in [0.3, 0.4) is 0 Å². The second kappa shape index (κ2) is 13.0. The number of aryl methyl sites for hydroxylation is 1. The molecule has 0 radical (unpaired) electrons. The van der Waals surface area contributed by atoms with Crippen LogP contribution in [0.25, 0.3) is 27.8 Å². The summed E-state index contributed by atoms with van der Waals surface area (Å²) in [5, 5.41) is 9.74. The van der Waals surface area contributed by atoms with Crippen LogP contribution in [0.5, 0.6) is 11.5 Å². The number of hydrogen-bond acceptors (Lipinski definition) is 9. The maximum Gasteiger partial charge on any atom is 0.246 e. The summed E-state index contributed by atoms with van der Waals surface area (Å²) in [4.78, 5) is 31.0. The van der Waals surface area contributed by atoms with Crippen molar-refractivity contribution in [3.05, 3.63) is 46.9 Å². The first-order chi connectivity index (χ1) is 21.7. The first-order valence-electron chi connectivity index (χ1n) is 15.3. The van der Waals surface area contributed by atoms with E-state index in [1.54, 1.807) is 31.0 Å². The van der Waals surface area contributed by atoms with Crippen molar-refractivity contribution in [2.24, 2.45) is 5.92 Å². The number of piperazine rings is 1. The molecule has 1 amide bonds. The molecule has 1 aromatic carbocycles. The molecular weight excluding hydrogens is 615 g/mol. The number of nitrogens with one attached hydrogen (secondary N) is 1. The van der Waals surface area contributed by atoms with E-state index in [1.165, 1.54) is 18.9 Å². The Morgan fingerprint density at radius 2 is 1.76 bits per heavy atom. The van der Waals surface area contributed by atoms with Gasteiger partial charge < -0.3 is 19.7 Å². The normalized spacial score (nSPS) is 18.8. The zero-order valence-electron chi connectivity index (χ0n) is 26.0. The number of fused-ring (bicyclic) bond motifs is 3. The molecule has 1 saturated heterocycles. The molecule has 2 atom stereocenters. The molecule has 0 bridgehead atoms. The minimum atomic E-state index is -0.0184. The van der Waals surface area contributed by atoms with Gasteiger partial charge in [-0.1, -0.05) is 29.8 Å². The van der Waals surface area contributed by atoms with Crippen LogP contribution in [0.4, 0.5) is 5.95 Å². The Bertz CT molecular complexity index is 1720. The van der Waals surface area contributed by atoms with Crippen molar-refractivity contribution in [1.82, 2.24) is 34.4 Å². The SMILES string of the molecule is C=CC(=O)N1[C@H](C)CN(CCCc2nc3c(-c4c(Cl)c(OC)cc(OC)c4Cl)cc4cnc(NCC5CC5)nc4n3n2)C[C@@H]1C. The van der Waals surface area contributed by atoms with E-state index in [0.717, 1.165) is 38.0 Å². The van der Waals surface area contributed by atoms with Gasteiger partial charge >= 0.3 is 0 Å². The summed E-state index contributed by atoms with van der Waals surface area (Å²) < 4.78 is 12.9. The summed E-state index contributed by atoms with van der Waals surface area (Å²) in [6.07, 6.45) is 7.13. The number of halogens is 2. The highest BCUT2D eigenvalue weighted by atomic mass is 35.5. The molecule has 238 valence electrons. The van der Waals surface area contributed by atoms with E-state index in [9.17, 15) is 4.79 Å². The maximum absolute atomic E-state index is 12.3. The van der Waals surface area contributed by atoms with Gasteiger partial charge in [0.1, 0.15) is 11.5 Å². The summed E-state index contributed by atoms with van der Waals surface area (Å²) >= 11 is 13.7. The Labute approximate surface area is 272 Å². The molecule has 2 fully saturated rings. The summed E-state index contributed by atoms with van der Waals surface area (Å²) in [5.74, 6) is 2.75. The van der Waals surface area contributed by atoms with Gasteiger partial charge in [0.05, 0.1) is 24.3 Å². The van der Waals surface area contributed by atoms with Gasteiger partial charge in [0, 0.05) is 66.9 Å². The van der Waals surface area contributed by atoms with Crippen molar-refractivity contribution in [1.29, 1.82) is 0 Å². The van der Waals surface area contributed by atoms with Gasteiger partial charge in [-0.15, -0.1) is 5.10 Å². The Hall–Kier alpha value is -3.67. The van der Waals surface area contributed by atoms with Gasteiger partial charge in [0.2, 0.25) is 11.9 Å². The first-order valence-corrected chi connectivity index (χ1v) is 16.0. The molecule has 1 aliphatic carbocycles. The number of nitrogens with zero attached hydrogens (tertiary/aromatic N) is 7. The molecule has 6 rings (SSSR count). The van der Waals surface area contributed by atoms with Crippen molar-refractivity contribution in [2.75, 3.05) is 45.7 Å². The third-order valence-corrected chi connectivity index (χ3v) is 9.33. The predicted molar refractivity (Wildman–Crippen MR) is 177 cm³/mol. The lowest BCUT2D eigenvalue weighted by molar-refractivity contribution is -0.133. The highest BCUT2D eigenvalue weighted by Crippen LogP contribution is 2.47.